The molecule has 2 N–H and O–H groups in total. The van der Waals surface area contributed by atoms with Crippen LogP contribution in [0.4, 0.5) is 5.82 Å². The number of ether oxygens (including phenoxy) is 1. The monoisotopic (exact) mass is 209 g/mol. The molecular formula is C11H19N3O. The summed E-state index contributed by atoms with van der Waals surface area (Å²) in [6, 6.07) is 1.66. The van der Waals surface area contributed by atoms with E-state index in [1.165, 1.54) is 0 Å². The number of nitrogens with zero attached hydrogens (tertiary/aromatic N) is 2. The summed E-state index contributed by atoms with van der Waals surface area (Å²) >= 11 is 0. The summed E-state index contributed by atoms with van der Waals surface area (Å²) in [4.78, 5) is 8.37. The summed E-state index contributed by atoms with van der Waals surface area (Å²) < 4.78 is 5.74. The number of hydrogen-bond donors (Lipinski definition) is 1. The topological polar surface area (TPSA) is 61.0 Å². The second kappa shape index (κ2) is 4.47. The highest BCUT2D eigenvalue weighted by molar-refractivity contribution is 5.33. The molecule has 0 fully saturated rings. The van der Waals surface area contributed by atoms with Gasteiger partial charge in [-0.2, -0.15) is 4.98 Å². The number of aromatic nitrogens is 2. The number of nitrogens with two attached hydrogens (primary N) is 1. The summed E-state index contributed by atoms with van der Waals surface area (Å²) in [7, 11) is 0. The van der Waals surface area contributed by atoms with Gasteiger partial charge in [-0.15, -0.1) is 0 Å². The summed E-state index contributed by atoms with van der Waals surface area (Å²) in [5, 5.41) is 0. The first-order valence-corrected chi connectivity index (χ1v) is 5.29. The van der Waals surface area contributed by atoms with E-state index in [0.29, 0.717) is 11.7 Å². The first-order chi connectivity index (χ1) is 6.96. The molecule has 0 radical (unpaired) electrons. The van der Waals surface area contributed by atoms with Gasteiger partial charge in [0, 0.05) is 12.5 Å². The van der Waals surface area contributed by atoms with Crippen molar-refractivity contribution in [3.05, 3.63) is 11.9 Å². The summed E-state index contributed by atoms with van der Waals surface area (Å²) in [6.45, 7) is 8.11. The Kier molecular flexibility index (Phi) is 3.50. The molecule has 4 heteroatoms. The van der Waals surface area contributed by atoms with Gasteiger partial charge < -0.3 is 10.5 Å². The van der Waals surface area contributed by atoms with Crippen molar-refractivity contribution in [1.29, 1.82) is 0 Å². The van der Waals surface area contributed by atoms with Crippen LogP contribution in [0.2, 0.25) is 0 Å². The van der Waals surface area contributed by atoms with E-state index in [0.717, 1.165) is 18.7 Å². The van der Waals surface area contributed by atoms with Crippen LogP contribution in [0.5, 0.6) is 5.88 Å². The highest BCUT2D eigenvalue weighted by Gasteiger charge is 2.18. The first kappa shape index (κ1) is 11.8. The average molecular weight is 209 g/mol. The fourth-order valence-corrected chi connectivity index (χ4v) is 1.06. The molecule has 0 aliphatic rings. The minimum atomic E-state index is -0.216. The van der Waals surface area contributed by atoms with Gasteiger partial charge in [0.15, 0.2) is 0 Å². The lowest BCUT2D eigenvalue weighted by Gasteiger charge is -2.24. The number of anilines is 1. The van der Waals surface area contributed by atoms with Gasteiger partial charge in [0.25, 0.3) is 0 Å². The summed E-state index contributed by atoms with van der Waals surface area (Å²) in [6.07, 6.45) is 1.67. The molecule has 0 saturated carbocycles. The van der Waals surface area contributed by atoms with Crippen LogP contribution in [-0.2, 0) is 6.42 Å². The van der Waals surface area contributed by atoms with Crippen LogP contribution in [0, 0.1) is 0 Å². The molecule has 84 valence electrons. The number of hydrogen-bond acceptors (Lipinski definition) is 4. The van der Waals surface area contributed by atoms with Gasteiger partial charge in [-0.1, -0.05) is 13.8 Å². The Hall–Kier alpha value is -1.32. The lowest BCUT2D eigenvalue weighted by molar-refractivity contribution is 0.0986. The lowest BCUT2D eigenvalue weighted by Crippen LogP contribution is -2.27. The number of rotatable bonds is 4. The van der Waals surface area contributed by atoms with Crippen molar-refractivity contribution >= 4 is 5.82 Å². The predicted molar refractivity (Wildman–Crippen MR) is 60.8 cm³/mol. The fourth-order valence-electron chi connectivity index (χ4n) is 1.06. The zero-order valence-corrected chi connectivity index (χ0v) is 9.87. The van der Waals surface area contributed by atoms with E-state index in [1.54, 1.807) is 6.07 Å². The second-order valence-electron chi connectivity index (χ2n) is 4.12. The molecule has 0 amide bonds. The Morgan fingerprint density at radius 3 is 2.53 bits per heavy atom. The van der Waals surface area contributed by atoms with Crippen molar-refractivity contribution in [3.8, 4) is 5.88 Å². The lowest BCUT2D eigenvalue weighted by atomic mass is 10.1. The smallest absolute Gasteiger partial charge is 0.219 e. The van der Waals surface area contributed by atoms with Crippen LogP contribution in [0.25, 0.3) is 0 Å². The summed E-state index contributed by atoms with van der Waals surface area (Å²) in [5.74, 6) is 1.74. The molecule has 0 saturated heterocycles. The van der Waals surface area contributed by atoms with Gasteiger partial charge in [0.1, 0.15) is 17.2 Å². The zero-order valence-electron chi connectivity index (χ0n) is 9.87. The van der Waals surface area contributed by atoms with Gasteiger partial charge >= 0.3 is 0 Å². The highest BCUT2D eigenvalue weighted by Crippen LogP contribution is 2.20. The SMILES string of the molecule is CCc1nc(N)cc(OC(C)(C)CC)n1. The van der Waals surface area contributed by atoms with E-state index in [9.17, 15) is 0 Å². The molecular weight excluding hydrogens is 190 g/mol. The van der Waals surface area contributed by atoms with E-state index in [2.05, 4.69) is 16.9 Å². The fraction of sp³-hybridized carbons (Fsp3) is 0.636. The van der Waals surface area contributed by atoms with E-state index >= 15 is 0 Å². The predicted octanol–water partition coefficient (Wildman–Crippen LogP) is 2.19. The van der Waals surface area contributed by atoms with Gasteiger partial charge in [-0.05, 0) is 20.3 Å². The molecule has 15 heavy (non-hydrogen) atoms. The molecule has 0 aromatic carbocycles. The second-order valence-corrected chi connectivity index (χ2v) is 4.12. The molecule has 4 nitrogen and oxygen atoms in total. The maximum atomic E-state index is 5.74. The maximum absolute atomic E-state index is 5.74. The Morgan fingerprint density at radius 2 is 2.00 bits per heavy atom. The first-order valence-electron chi connectivity index (χ1n) is 5.29. The Bertz CT molecular complexity index is 337. The third kappa shape index (κ3) is 3.38. The van der Waals surface area contributed by atoms with Gasteiger partial charge in [-0.25, -0.2) is 4.98 Å². The zero-order chi connectivity index (χ0) is 11.5. The normalized spacial score (nSPS) is 11.5. The highest BCUT2D eigenvalue weighted by atomic mass is 16.5. The van der Waals surface area contributed by atoms with Gasteiger partial charge in [0.2, 0.25) is 5.88 Å². The van der Waals surface area contributed by atoms with Crippen LogP contribution >= 0.6 is 0 Å². The van der Waals surface area contributed by atoms with Crippen LogP contribution in [0.1, 0.15) is 39.9 Å². The largest absolute Gasteiger partial charge is 0.472 e. The maximum Gasteiger partial charge on any atom is 0.219 e. The van der Waals surface area contributed by atoms with Crippen molar-refractivity contribution < 1.29 is 4.74 Å². The van der Waals surface area contributed by atoms with Crippen molar-refractivity contribution in [3.63, 3.8) is 0 Å². The Balaban J connectivity index is 2.90. The minimum absolute atomic E-state index is 0.216. The average Bonchev–Trinajstić information content (AvgIpc) is 2.16. The van der Waals surface area contributed by atoms with Crippen LogP contribution in [-0.4, -0.2) is 15.6 Å². The summed E-state index contributed by atoms with van der Waals surface area (Å²) in [5.41, 5.74) is 5.45. The standard InChI is InChI=1S/C11H19N3O/c1-5-9-13-8(12)7-10(14-9)15-11(3,4)6-2/h7H,5-6H2,1-4H3,(H2,12,13,14). The van der Waals surface area contributed by atoms with Crippen molar-refractivity contribution in [2.75, 3.05) is 5.73 Å². The Labute approximate surface area is 90.9 Å². The molecule has 1 aromatic rings. The minimum Gasteiger partial charge on any atom is -0.472 e. The molecule has 1 heterocycles. The Morgan fingerprint density at radius 1 is 1.33 bits per heavy atom. The van der Waals surface area contributed by atoms with Crippen molar-refractivity contribution in [2.45, 2.75) is 46.1 Å². The molecule has 0 unspecified atom stereocenters. The van der Waals surface area contributed by atoms with Crippen molar-refractivity contribution in [1.82, 2.24) is 9.97 Å². The molecule has 0 aliphatic carbocycles. The molecule has 0 aliphatic heterocycles. The number of nitrogen functional groups attached to an aromatic ring is 1. The molecule has 1 rings (SSSR count). The third-order valence-electron chi connectivity index (χ3n) is 2.32. The van der Waals surface area contributed by atoms with E-state index < -0.39 is 0 Å². The van der Waals surface area contributed by atoms with E-state index in [1.807, 2.05) is 20.8 Å². The van der Waals surface area contributed by atoms with Crippen molar-refractivity contribution in [2.24, 2.45) is 0 Å². The van der Waals surface area contributed by atoms with Gasteiger partial charge in [-0.3, -0.25) is 0 Å². The molecule has 0 bridgehead atoms. The molecule has 1 aromatic heterocycles. The quantitative estimate of drug-likeness (QED) is 0.825. The molecule has 0 atom stereocenters. The third-order valence-corrected chi connectivity index (χ3v) is 2.32. The van der Waals surface area contributed by atoms with Gasteiger partial charge in [0.05, 0.1) is 0 Å². The van der Waals surface area contributed by atoms with Crippen LogP contribution in [0.15, 0.2) is 6.07 Å². The van der Waals surface area contributed by atoms with Crippen LogP contribution < -0.4 is 10.5 Å². The number of aryl methyl sites for hydroxylation is 1. The van der Waals surface area contributed by atoms with Crippen LogP contribution in [0.3, 0.4) is 0 Å². The van der Waals surface area contributed by atoms with E-state index in [-0.39, 0.29) is 5.60 Å². The molecule has 0 spiro atoms. The van der Waals surface area contributed by atoms with E-state index in [4.69, 9.17) is 10.5 Å².